The van der Waals surface area contributed by atoms with E-state index in [0.717, 1.165) is 35.6 Å². The largest absolute Gasteiger partial charge is 0.370 e. The summed E-state index contributed by atoms with van der Waals surface area (Å²) in [7, 11) is 0. The molecule has 1 aromatic carbocycles. The SMILES string of the molecule is CCNc1cccc(Cn2cnc3cc(C)c(C)cc32)n1. The van der Waals surface area contributed by atoms with Crippen LogP contribution in [0.4, 0.5) is 5.82 Å². The molecule has 3 aromatic rings. The number of aromatic nitrogens is 3. The fourth-order valence-corrected chi connectivity index (χ4v) is 2.46. The van der Waals surface area contributed by atoms with Gasteiger partial charge in [-0.3, -0.25) is 0 Å². The molecule has 0 spiro atoms. The van der Waals surface area contributed by atoms with Crippen LogP contribution < -0.4 is 5.32 Å². The van der Waals surface area contributed by atoms with E-state index in [2.05, 4.69) is 52.8 Å². The van der Waals surface area contributed by atoms with E-state index in [1.165, 1.54) is 11.1 Å². The van der Waals surface area contributed by atoms with Crippen molar-refractivity contribution in [2.24, 2.45) is 0 Å². The van der Waals surface area contributed by atoms with Crippen LogP contribution in [-0.4, -0.2) is 21.1 Å². The van der Waals surface area contributed by atoms with Crippen LogP contribution in [0.15, 0.2) is 36.7 Å². The molecule has 2 aromatic heterocycles. The first-order valence-corrected chi connectivity index (χ1v) is 7.29. The molecule has 0 amide bonds. The lowest BCUT2D eigenvalue weighted by Crippen LogP contribution is -2.04. The second-order valence-corrected chi connectivity index (χ2v) is 5.34. The van der Waals surface area contributed by atoms with Crippen LogP contribution in [0.5, 0.6) is 0 Å². The maximum Gasteiger partial charge on any atom is 0.126 e. The van der Waals surface area contributed by atoms with Crippen LogP contribution in [0.1, 0.15) is 23.7 Å². The third-order valence-electron chi connectivity index (χ3n) is 3.73. The normalized spacial score (nSPS) is 11.0. The van der Waals surface area contributed by atoms with Gasteiger partial charge in [-0.2, -0.15) is 0 Å². The fraction of sp³-hybridized carbons (Fsp3) is 0.294. The van der Waals surface area contributed by atoms with Crippen LogP contribution in [0.3, 0.4) is 0 Å². The minimum absolute atomic E-state index is 0.734. The number of rotatable bonds is 4. The Balaban J connectivity index is 1.94. The summed E-state index contributed by atoms with van der Waals surface area (Å²) in [6.07, 6.45) is 1.89. The summed E-state index contributed by atoms with van der Waals surface area (Å²) >= 11 is 0. The van der Waals surface area contributed by atoms with E-state index in [1.807, 2.05) is 24.5 Å². The Bertz CT molecular complexity index is 774. The molecule has 108 valence electrons. The number of hydrogen-bond donors (Lipinski definition) is 1. The van der Waals surface area contributed by atoms with Gasteiger partial charge in [-0.15, -0.1) is 0 Å². The number of anilines is 1. The van der Waals surface area contributed by atoms with Crippen LogP contribution in [0.25, 0.3) is 11.0 Å². The maximum absolute atomic E-state index is 4.62. The van der Waals surface area contributed by atoms with Gasteiger partial charge in [0.25, 0.3) is 0 Å². The van der Waals surface area contributed by atoms with Gasteiger partial charge in [-0.05, 0) is 56.2 Å². The molecule has 4 heteroatoms. The van der Waals surface area contributed by atoms with Crippen molar-refractivity contribution in [2.45, 2.75) is 27.3 Å². The number of fused-ring (bicyclic) bond motifs is 1. The second-order valence-electron chi connectivity index (χ2n) is 5.34. The zero-order chi connectivity index (χ0) is 14.8. The number of aryl methyl sites for hydroxylation is 2. The Morgan fingerprint density at radius 3 is 2.76 bits per heavy atom. The molecule has 0 radical (unpaired) electrons. The average Bonchev–Trinajstić information content (AvgIpc) is 2.83. The molecule has 21 heavy (non-hydrogen) atoms. The molecule has 0 bridgehead atoms. The Hall–Kier alpha value is -2.36. The van der Waals surface area contributed by atoms with Gasteiger partial charge in [0.15, 0.2) is 0 Å². The molecule has 0 atom stereocenters. The number of hydrogen-bond acceptors (Lipinski definition) is 3. The van der Waals surface area contributed by atoms with Crippen molar-refractivity contribution in [2.75, 3.05) is 11.9 Å². The first kappa shape index (κ1) is 13.6. The van der Waals surface area contributed by atoms with E-state index in [1.54, 1.807) is 0 Å². The lowest BCUT2D eigenvalue weighted by Gasteiger charge is -2.08. The molecule has 0 saturated heterocycles. The molecule has 4 nitrogen and oxygen atoms in total. The summed E-state index contributed by atoms with van der Waals surface area (Å²) in [6, 6.07) is 10.4. The van der Waals surface area contributed by atoms with Crippen LogP contribution >= 0.6 is 0 Å². The molecule has 0 unspecified atom stereocenters. The quantitative estimate of drug-likeness (QED) is 0.795. The number of nitrogens with zero attached hydrogens (tertiary/aromatic N) is 3. The van der Waals surface area contributed by atoms with E-state index < -0.39 is 0 Å². The van der Waals surface area contributed by atoms with Crippen LogP contribution in [0.2, 0.25) is 0 Å². The van der Waals surface area contributed by atoms with E-state index in [0.29, 0.717) is 0 Å². The summed E-state index contributed by atoms with van der Waals surface area (Å²) in [5, 5.41) is 3.25. The van der Waals surface area contributed by atoms with Crippen molar-refractivity contribution in [3.63, 3.8) is 0 Å². The highest BCUT2D eigenvalue weighted by Gasteiger charge is 2.06. The molecule has 3 rings (SSSR count). The van der Waals surface area contributed by atoms with Gasteiger partial charge in [0, 0.05) is 6.54 Å². The zero-order valence-corrected chi connectivity index (χ0v) is 12.7. The van der Waals surface area contributed by atoms with Crippen molar-refractivity contribution in [1.82, 2.24) is 14.5 Å². The number of benzene rings is 1. The van der Waals surface area contributed by atoms with Crippen molar-refractivity contribution in [3.8, 4) is 0 Å². The first-order chi connectivity index (χ1) is 10.2. The highest BCUT2D eigenvalue weighted by atomic mass is 15.1. The van der Waals surface area contributed by atoms with Gasteiger partial charge < -0.3 is 9.88 Å². The number of nitrogens with one attached hydrogen (secondary N) is 1. The third kappa shape index (κ3) is 2.75. The van der Waals surface area contributed by atoms with Gasteiger partial charge in [0.2, 0.25) is 0 Å². The van der Waals surface area contributed by atoms with Gasteiger partial charge in [0.05, 0.1) is 29.6 Å². The third-order valence-corrected chi connectivity index (χ3v) is 3.73. The smallest absolute Gasteiger partial charge is 0.126 e. The van der Waals surface area contributed by atoms with Crippen LogP contribution in [0, 0.1) is 13.8 Å². The molecular weight excluding hydrogens is 260 g/mol. The molecule has 0 aliphatic rings. The van der Waals surface area contributed by atoms with Gasteiger partial charge in [-0.25, -0.2) is 9.97 Å². The summed E-state index contributed by atoms with van der Waals surface area (Å²) in [5.41, 5.74) is 5.80. The molecule has 0 saturated carbocycles. The lowest BCUT2D eigenvalue weighted by molar-refractivity contribution is 0.797. The summed E-state index contributed by atoms with van der Waals surface area (Å²) in [4.78, 5) is 9.12. The highest BCUT2D eigenvalue weighted by molar-refractivity contribution is 5.77. The first-order valence-electron chi connectivity index (χ1n) is 7.29. The summed E-state index contributed by atoms with van der Waals surface area (Å²) in [5.74, 6) is 0.923. The minimum atomic E-state index is 0.734. The minimum Gasteiger partial charge on any atom is -0.370 e. The molecule has 0 aliphatic carbocycles. The fourth-order valence-electron chi connectivity index (χ4n) is 2.46. The van der Waals surface area contributed by atoms with Gasteiger partial charge in [-0.1, -0.05) is 6.07 Å². The standard InChI is InChI=1S/C17H20N4/c1-4-18-17-7-5-6-14(20-17)10-21-11-19-15-8-12(2)13(3)9-16(15)21/h5-9,11H,4,10H2,1-3H3,(H,18,20). The molecule has 0 fully saturated rings. The highest BCUT2D eigenvalue weighted by Crippen LogP contribution is 2.19. The predicted octanol–water partition coefficient (Wildman–Crippen LogP) is 3.53. The van der Waals surface area contributed by atoms with Crippen molar-refractivity contribution < 1.29 is 0 Å². The monoisotopic (exact) mass is 280 g/mol. The zero-order valence-electron chi connectivity index (χ0n) is 12.7. The lowest BCUT2D eigenvalue weighted by atomic mass is 10.1. The summed E-state index contributed by atoms with van der Waals surface area (Å²) < 4.78 is 2.15. The van der Waals surface area contributed by atoms with Crippen molar-refractivity contribution >= 4 is 16.9 Å². The molecule has 2 heterocycles. The number of imidazole rings is 1. The second kappa shape index (κ2) is 5.56. The van der Waals surface area contributed by atoms with Crippen LogP contribution in [-0.2, 0) is 6.54 Å². The van der Waals surface area contributed by atoms with E-state index in [9.17, 15) is 0 Å². The Morgan fingerprint density at radius 2 is 1.95 bits per heavy atom. The molecule has 0 aliphatic heterocycles. The topological polar surface area (TPSA) is 42.7 Å². The Kier molecular flexibility index (Phi) is 3.60. The Morgan fingerprint density at radius 1 is 1.14 bits per heavy atom. The van der Waals surface area contributed by atoms with E-state index >= 15 is 0 Å². The average molecular weight is 280 g/mol. The predicted molar refractivity (Wildman–Crippen MR) is 86.7 cm³/mol. The Labute approximate surface area is 124 Å². The maximum atomic E-state index is 4.62. The van der Waals surface area contributed by atoms with Gasteiger partial charge >= 0.3 is 0 Å². The van der Waals surface area contributed by atoms with E-state index in [4.69, 9.17) is 0 Å². The van der Waals surface area contributed by atoms with Crippen molar-refractivity contribution in [1.29, 1.82) is 0 Å². The molecular formula is C17H20N4. The van der Waals surface area contributed by atoms with Gasteiger partial charge in [0.1, 0.15) is 5.82 Å². The number of pyridine rings is 1. The van der Waals surface area contributed by atoms with Crippen molar-refractivity contribution in [3.05, 3.63) is 53.5 Å². The summed E-state index contributed by atoms with van der Waals surface area (Å²) in [6.45, 7) is 7.94. The molecule has 1 N–H and O–H groups in total. The van der Waals surface area contributed by atoms with E-state index in [-0.39, 0.29) is 0 Å².